The van der Waals surface area contributed by atoms with E-state index in [-0.39, 0.29) is 0 Å². The number of halogens is 4. The first-order chi connectivity index (χ1) is 13.3. The molecule has 7 heteroatoms. The maximum atomic E-state index is 12.9. The summed E-state index contributed by atoms with van der Waals surface area (Å²) in [6.45, 7) is 0.733. The van der Waals surface area contributed by atoms with Gasteiger partial charge in [-0.25, -0.2) is 4.57 Å². The van der Waals surface area contributed by atoms with Crippen LogP contribution in [-0.4, -0.2) is 7.11 Å². The summed E-state index contributed by atoms with van der Waals surface area (Å²) in [5.41, 5.74) is 1.56. The second-order valence-corrected chi connectivity index (χ2v) is 8.03. The van der Waals surface area contributed by atoms with Gasteiger partial charge in [0, 0.05) is 32.8 Å². The molecule has 146 valence electrons. The van der Waals surface area contributed by atoms with Crippen molar-refractivity contribution in [1.29, 1.82) is 0 Å². The van der Waals surface area contributed by atoms with E-state index in [0.717, 1.165) is 29.5 Å². The Morgan fingerprint density at radius 3 is 2.25 bits per heavy atom. The van der Waals surface area contributed by atoms with Gasteiger partial charge in [-0.15, -0.1) is 11.8 Å². The molecule has 0 unspecified atom stereocenters. The molecule has 0 aliphatic heterocycles. The molecule has 1 aromatic heterocycles. The number of hydrogen-bond donors (Lipinski definition) is 0. The Labute approximate surface area is 174 Å². The van der Waals surface area contributed by atoms with E-state index in [4.69, 9.17) is 4.74 Å². The number of rotatable bonds is 6. The fraction of sp³-hybridized carbons (Fsp3) is 0.190. The van der Waals surface area contributed by atoms with Crippen molar-refractivity contribution in [2.24, 2.45) is 0 Å². The third-order valence-corrected chi connectivity index (χ3v) is 6.22. The number of methoxy groups -OCH3 is 1. The molecule has 0 atom stereocenters. The van der Waals surface area contributed by atoms with E-state index in [2.05, 4.69) is 20.5 Å². The first-order valence-corrected chi connectivity index (χ1v) is 10.2. The van der Waals surface area contributed by atoms with E-state index in [1.165, 1.54) is 23.9 Å². The van der Waals surface area contributed by atoms with Gasteiger partial charge in [-0.1, -0.05) is 0 Å². The third-order valence-electron chi connectivity index (χ3n) is 4.14. The van der Waals surface area contributed by atoms with Crippen molar-refractivity contribution in [3.05, 3.63) is 88.2 Å². The van der Waals surface area contributed by atoms with E-state index < -0.39 is 11.7 Å². The molecule has 1 heterocycles. The average Bonchev–Trinajstić information content (AvgIpc) is 2.68. The number of benzene rings is 2. The Morgan fingerprint density at radius 1 is 0.964 bits per heavy atom. The quantitative estimate of drug-likeness (QED) is 0.320. The number of hydrogen-bond acceptors (Lipinski definition) is 2. The second kappa shape index (κ2) is 9.01. The van der Waals surface area contributed by atoms with Crippen molar-refractivity contribution < 1.29 is 22.5 Å². The zero-order chi connectivity index (χ0) is 20.1. The lowest BCUT2D eigenvalue weighted by Gasteiger charge is -2.10. The van der Waals surface area contributed by atoms with Crippen LogP contribution in [0.4, 0.5) is 13.2 Å². The van der Waals surface area contributed by atoms with Gasteiger partial charge < -0.3 is 4.74 Å². The number of nitrogens with zero attached hydrogens (tertiary/aromatic N) is 1. The highest BCUT2D eigenvalue weighted by atomic mass is 79.9. The molecule has 0 spiro atoms. The predicted molar refractivity (Wildman–Crippen MR) is 107 cm³/mol. The van der Waals surface area contributed by atoms with Crippen LogP contribution in [0.25, 0.3) is 0 Å². The standard InChI is InChI=1S/C21H18BrF3NOS/c1-27-18-5-2-15(3-6-18)13-26-10-8-16(9-11-26)14-28-20-12-17(21(23,24)25)4-7-19(20)22/h2-12H,13-14H2,1H3/q+1. The van der Waals surface area contributed by atoms with Crippen LogP contribution < -0.4 is 9.30 Å². The summed E-state index contributed by atoms with van der Waals surface area (Å²) in [5, 5.41) is 0. The van der Waals surface area contributed by atoms with Crippen molar-refractivity contribution in [3.8, 4) is 5.75 Å². The molecule has 0 N–H and O–H groups in total. The van der Waals surface area contributed by atoms with Crippen molar-refractivity contribution in [2.45, 2.75) is 23.4 Å². The first-order valence-electron chi connectivity index (χ1n) is 8.45. The molecule has 28 heavy (non-hydrogen) atoms. The topological polar surface area (TPSA) is 13.1 Å². The molecule has 0 aliphatic rings. The summed E-state index contributed by atoms with van der Waals surface area (Å²) in [4.78, 5) is 0.574. The summed E-state index contributed by atoms with van der Waals surface area (Å²) < 4.78 is 46.6. The lowest BCUT2D eigenvalue weighted by atomic mass is 10.2. The van der Waals surface area contributed by atoms with Crippen LogP contribution >= 0.6 is 27.7 Å². The Balaban J connectivity index is 1.63. The molecule has 0 bridgehead atoms. The van der Waals surface area contributed by atoms with Gasteiger partial charge in [0.15, 0.2) is 18.9 Å². The van der Waals surface area contributed by atoms with Crippen molar-refractivity contribution in [1.82, 2.24) is 0 Å². The summed E-state index contributed by atoms with van der Waals surface area (Å²) in [7, 11) is 1.64. The van der Waals surface area contributed by atoms with Gasteiger partial charge in [-0.3, -0.25) is 0 Å². The highest BCUT2D eigenvalue weighted by Gasteiger charge is 2.30. The van der Waals surface area contributed by atoms with Crippen molar-refractivity contribution >= 4 is 27.7 Å². The fourth-order valence-electron chi connectivity index (χ4n) is 2.58. The Bertz CT molecular complexity index is 928. The average molecular weight is 469 g/mol. The highest BCUT2D eigenvalue weighted by Crippen LogP contribution is 2.36. The van der Waals surface area contributed by atoms with Crippen molar-refractivity contribution in [3.63, 3.8) is 0 Å². The van der Waals surface area contributed by atoms with Gasteiger partial charge in [0.1, 0.15) is 5.75 Å². The number of ether oxygens (including phenoxy) is 1. The molecular formula is C21H18BrF3NOS+. The van der Waals surface area contributed by atoms with Crippen LogP contribution in [0, 0.1) is 0 Å². The zero-order valence-electron chi connectivity index (χ0n) is 15.0. The normalized spacial score (nSPS) is 11.5. The number of aromatic nitrogens is 1. The summed E-state index contributed by atoms with van der Waals surface area (Å²) >= 11 is 4.70. The van der Waals surface area contributed by atoms with E-state index in [1.807, 2.05) is 48.8 Å². The number of thioether (sulfide) groups is 1. The van der Waals surface area contributed by atoms with Crippen LogP contribution in [0.5, 0.6) is 5.75 Å². The minimum atomic E-state index is -4.34. The minimum Gasteiger partial charge on any atom is -0.497 e. The van der Waals surface area contributed by atoms with Crippen molar-refractivity contribution in [2.75, 3.05) is 7.11 Å². The molecule has 3 rings (SSSR count). The molecule has 0 radical (unpaired) electrons. The van der Waals surface area contributed by atoms with Crippen LogP contribution in [0.2, 0.25) is 0 Å². The molecule has 0 fully saturated rings. The van der Waals surface area contributed by atoms with Gasteiger partial charge in [-0.05, 0) is 64.0 Å². The molecule has 0 saturated carbocycles. The van der Waals surface area contributed by atoms with E-state index >= 15 is 0 Å². The summed E-state index contributed by atoms with van der Waals surface area (Å²) in [6, 6.07) is 15.6. The molecule has 2 nitrogen and oxygen atoms in total. The smallest absolute Gasteiger partial charge is 0.416 e. The zero-order valence-corrected chi connectivity index (χ0v) is 17.4. The lowest BCUT2D eigenvalue weighted by Crippen LogP contribution is -2.33. The van der Waals surface area contributed by atoms with Crippen LogP contribution in [0.15, 0.2) is 76.4 Å². The molecule has 0 saturated heterocycles. The molecule has 0 aliphatic carbocycles. The van der Waals surface area contributed by atoms with Crippen LogP contribution in [0.3, 0.4) is 0 Å². The molecular weight excluding hydrogens is 451 g/mol. The highest BCUT2D eigenvalue weighted by molar-refractivity contribution is 9.10. The third kappa shape index (κ3) is 5.52. The largest absolute Gasteiger partial charge is 0.497 e. The van der Waals surface area contributed by atoms with Gasteiger partial charge in [0.2, 0.25) is 0 Å². The maximum absolute atomic E-state index is 12.9. The first kappa shape index (κ1) is 20.7. The van der Waals surface area contributed by atoms with Crippen LogP contribution in [0.1, 0.15) is 16.7 Å². The lowest BCUT2D eigenvalue weighted by molar-refractivity contribution is -0.688. The van der Waals surface area contributed by atoms with Gasteiger partial charge >= 0.3 is 6.18 Å². The minimum absolute atomic E-state index is 0.574. The predicted octanol–water partition coefficient (Wildman–Crippen LogP) is 6.10. The van der Waals surface area contributed by atoms with Gasteiger partial charge in [0.25, 0.3) is 0 Å². The van der Waals surface area contributed by atoms with E-state index in [0.29, 0.717) is 15.1 Å². The monoisotopic (exact) mass is 468 g/mol. The maximum Gasteiger partial charge on any atom is 0.416 e. The van der Waals surface area contributed by atoms with Crippen LogP contribution in [-0.2, 0) is 18.5 Å². The van der Waals surface area contributed by atoms with E-state index in [1.54, 1.807) is 7.11 Å². The van der Waals surface area contributed by atoms with Gasteiger partial charge in [-0.2, -0.15) is 13.2 Å². The fourth-order valence-corrected chi connectivity index (χ4v) is 4.10. The molecule has 3 aromatic rings. The Hall–Kier alpha value is -1.99. The second-order valence-electron chi connectivity index (χ2n) is 6.16. The molecule has 2 aromatic carbocycles. The summed E-state index contributed by atoms with van der Waals surface area (Å²) in [5.74, 6) is 1.41. The summed E-state index contributed by atoms with van der Waals surface area (Å²) in [6.07, 6.45) is -0.391. The Morgan fingerprint density at radius 2 is 1.64 bits per heavy atom. The Kier molecular flexibility index (Phi) is 6.67. The molecule has 0 amide bonds. The number of pyridine rings is 1. The van der Waals surface area contributed by atoms with Gasteiger partial charge in [0.05, 0.1) is 12.7 Å². The van der Waals surface area contributed by atoms with E-state index in [9.17, 15) is 13.2 Å². The number of alkyl halides is 3. The SMILES string of the molecule is COc1ccc(C[n+]2ccc(CSc3cc(C(F)(F)F)ccc3Br)cc2)cc1.